The number of H-pyrrole nitrogens is 1. The van der Waals surface area contributed by atoms with Gasteiger partial charge in [0, 0.05) is 59.2 Å². The average molecular weight is 494 g/mol. The standard InChI is InChI=1S/C25H25ClFN7O/c1-14-21(27)15(2)31-25(30-14)34-6-5-18-19-11-17(26)3-4-20(19)32-22(18)23(34)16-12-28-24(29-13-16)33-7-9-35-10-8-33/h3-4,11-13,23,32H,5-10H2,1-2H3. The molecule has 0 spiro atoms. The van der Waals surface area contributed by atoms with Crippen molar-refractivity contribution in [1.82, 2.24) is 24.9 Å². The summed E-state index contributed by atoms with van der Waals surface area (Å²) in [5, 5.41) is 1.81. The van der Waals surface area contributed by atoms with Crippen molar-refractivity contribution >= 4 is 34.4 Å². The first-order chi connectivity index (χ1) is 17.0. The van der Waals surface area contributed by atoms with Crippen LogP contribution >= 0.6 is 11.6 Å². The molecule has 0 saturated carbocycles. The van der Waals surface area contributed by atoms with Crippen LogP contribution in [0.25, 0.3) is 10.9 Å². The van der Waals surface area contributed by atoms with E-state index >= 15 is 0 Å². The number of benzene rings is 1. The van der Waals surface area contributed by atoms with E-state index in [0.29, 0.717) is 48.1 Å². The number of nitrogens with zero attached hydrogens (tertiary/aromatic N) is 6. The van der Waals surface area contributed by atoms with Crippen molar-refractivity contribution in [2.24, 2.45) is 0 Å². The molecule has 5 heterocycles. The Morgan fingerprint density at radius 1 is 1.03 bits per heavy atom. The molecule has 4 aromatic rings. The second-order valence-corrected chi connectivity index (χ2v) is 9.41. The van der Waals surface area contributed by atoms with Gasteiger partial charge >= 0.3 is 0 Å². The molecule has 2 aliphatic heterocycles. The molecule has 0 aliphatic carbocycles. The lowest BCUT2D eigenvalue weighted by molar-refractivity contribution is 0.122. The number of hydrogen-bond donors (Lipinski definition) is 1. The monoisotopic (exact) mass is 493 g/mol. The highest BCUT2D eigenvalue weighted by atomic mass is 35.5. The molecular formula is C25H25ClFN7O. The van der Waals surface area contributed by atoms with E-state index in [-0.39, 0.29) is 11.9 Å². The smallest absolute Gasteiger partial charge is 0.226 e. The first kappa shape index (κ1) is 22.2. The summed E-state index contributed by atoms with van der Waals surface area (Å²) in [5.41, 5.74) is 4.82. The third kappa shape index (κ3) is 3.88. The zero-order chi connectivity index (χ0) is 24.1. The van der Waals surface area contributed by atoms with Gasteiger partial charge in [0.25, 0.3) is 0 Å². The second-order valence-electron chi connectivity index (χ2n) is 8.98. The first-order valence-corrected chi connectivity index (χ1v) is 12.1. The summed E-state index contributed by atoms with van der Waals surface area (Å²) in [6, 6.07) is 5.62. The van der Waals surface area contributed by atoms with E-state index in [2.05, 4.69) is 24.8 Å². The van der Waals surface area contributed by atoms with Crippen molar-refractivity contribution in [3.63, 3.8) is 0 Å². The van der Waals surface area contributed by atoms with Crippen molar-refractivity contribution in [3.8, 4) is 0 Å². The van der Waals surface area contributed by atoms with Gasteiger partial charge in [-0.05, 0) is 44.0 Å². The number of fused-ring (bicyclic) bond motifs is 3. The average Bonchev–Trinajstić information content (AvgIpc) is 3.25. The summed E-state index contributed by atoms with van der Waals surface area (Å²) in [4.78, 5) is 26.2. The third-order valence-corrected chi connectivity index (χ3v) is 7.02. The fourth-order valence-corrected chi connectivity index (χ4v) is 5.21. The number of rotatable bonds is 3. The minimum Gasteiger partial charge on any atom is -0.378 e. The molecule has 1 N–H and O–H groups in total. The first-order valence-electron chi connectivity index (χ1n) is 11.7. The Morgan fingerprint density at radius 2 is 1.74 bits per heavy atom. The highest BCUT2D eigenvalue weighted by Gasteiger charge is 2.34. The number of aryl methyl sites for hydroxylation is 2. The molecular weight excluding hydrogens is 469 g/mol. The fraction of sp³-hybridized carbons (Fsp3) is 0.360. The third-order valence-electron chi connectivity index (χ3n) is 6.78. The van der Waals surface area contributed by atoms with Crippen molar-refractivity contribution < 1.29 is 9.13 Å². The highest BCUT2D eigenvalue weighted by molar-refractivity contribution is 6.31. The van der Waals surface area contributed by atoms with E-state index in [9.17, 15) is 4.39 Å². The number of anilines is 2. The van der Waals surface area contributed by atoms with Gasteiger partial charge < -0.3 is 19.5 Å². The molecule has 1 saturated heterocycles. The Labute approximate surface area is 207 Å². The van der Waals surface area contributed by atoms with Crippen LogP contribution in [-0.2, 0) is 11.2 Å². The molecule has 35 heavy (non-hydrogen) atoms. The molecule has 1 atom stereocenters. The zero-order valence-electron chi connectivity index (χ0n) is 19.6. The zero-order valence-corrected chi connectivity index (χ0v) is 20.3. The Balaban J connectivity index is 1.47. The van der Waals surface area contributed by atoms with E-state index in [1.54, 1.807) is 13.8 Å². The summed E-state index contributed by atoms with van der Waals surface area (Å²) in [6.45, 7) is 6.87. The summed E-state index contributed by atoms with van der Waals surface area (Å²) < 4.78 is 19.8. The normalized spacial score (nSPS) is 18.2. The topological polar surface area (TPSA) is 83.1 Å². The molecule has 1 unspecified atom stereocenters. The van der Waals surface area contributed by atoms with Crippen molar-refractivity contribution in [2.45, 2.75) is 26.3 Å². The lowest BCUT2D eigenvalue weighted by Crippen LogP contribution is -2.39. The number of hydrogen-bond acceptors (Lipinski definition) is 7. The van der Waals surface area contributed by atoms with Crippen LogP contribution in [0.15, 0.2) is 30.6 Å². The fourth-order valence-electron chi connectivity index (χ4n) is 5.04. The lowest BCUT2D eigenvalue weighted by atomic mass is 9.94. The minimum atomic E-state index is -0.374. The molecule has 6 rings (SSSR count). The number of morpholine rings is 1. The van der Waals surface area contributed by atoms with Crippen molar-refractivity contribution in [3.05, 3.63) is 69.6 Å². The van der Waals surface area contributed by atoms with Crippen molar-refractivity contribution in [1.29, 1.82) is 0 Å². The van der Waals surface area contributed by atoms with Gasteiger partial charge in [-0.3, -0.25) is 0 Å². The SMILES string of the molecule is Cc1nc(N2CCc3c([nH]c4ccc(Cl)cc34)C2c2cnc(N3CCOCC3)nc2)nc(C)c1F. The summed E-state index contributed by atoms with van der Waals surface area (Å²) in [7, 11) is 0. The van der Waals surface area contributed by atoms with Crippen LogP contribution in [0.1, 0.15) is 34.3 Å². The van der Waals surface area contributed by atoms with Gasteiger partial charge in [0.15, 0.2) is 5.82 Å². The maximum Gasteiger partial charge on any atom is 0.226 e. The largest absolute Gasteiger partial charge is 0.378 e. The quantitative estimate of drug-likeness (QED) is 0.459. The van der Waals surface area contributed by atoms with Gasteiger partial charge in [0.05, 0.1) is 24.6 Å². The number of nitrogens with one attached hydrogen (secondary N) is 1. The van der Waals surface area contributed by atoms with Gasteiger partial charge in [-0.2, -0.15) is 0 Å². The second kappa shape index (κ2) is 8.73. The molecule has 0 radical (unpaired) electrons. The summed E-state index contributed by atoms with van der Waals surface area (Å²) in [5.74, 6) is 0.806. The molecule has 0 bridgehead atoms. The predicted molar refractivity (Wildman–Crippen MR) is 133 cm³/mol. The van der Waals surface area contributed by atoms with Gasteiger partial charge in [-0.15, -0.1) is 0 Å². The maximum absolute atomic E-state index is 14.3. The molecule has 0 amide bonds. The Kier molecular flexibility index (Phi) is 5.53. The van der Waals surface area contributed by atoms with Gasteiger partial charge in [-0.25, -0.2) is 24.3 Å². The molecule has 3 aromatic heterocycles. The number of ether oxygens (including phenoxy) is 1. The molecule has 1 fully saturated rings. The van der Waals surface area contributed by atoms with Crippen LogP contribution in [0.2, 0.25) is 5.02 Å². The minimum absolute atomic E-state index is 0.257. The van der Waals surface area contributed by atoms with E-state index in [1.165, 1.54) is 5.56 Å². The Hall–Kier alpha value is -3.30. The Morgan fingerprint density at radius 3 is 2.46 bits per heavy atom. The van der Waals surface area contributed by atoms with Gasteiger partial charge in [-0.1, -0.05) is 11.6 Å². The van der Waals surface area contributed by atoms with E-state index in [4.69, 9.17) is 26.3 Å². The lowest BCUT2D eigenvalue weighted by Gasteiger charge is -2.36. The molecule has 180 valence electrons. The van der Waals surface area contributed by atoms with Crippen LogP contribution in [-0.4, -0.2) is 57.8 Å². The van der Waals surface area contributed by atoms with E-state index < -0.39 is 0 Å². The molecule has 2 aliphatic rings. The van der Waals surface area contributed by atoms with Crippen LogP contribution in [0.4, 0.5) is 16.3 Å². The Bertz CT molecular complexity index is 1380. The van der Waals surface area contributed by atoms with Crippen LogP contribution in [0, 0.1) is 19.7 Å². The van der Waals surface area contributed by atoms with Crippen molar-refractivity contribution in [2.75, 3.05) is 42.6 Å². The van der Waals surface area contributed by atoms with E-state index in [1.807, 2.05) is 30.6 Å². The van der Waals surface area contributed by atoms with Crippen LogP contribution < -0.4 is 9.80 Å². The van der Waals surface area contributed by atoms with Crippen LogP contribution in [0.5, 0.6) is 0 Å². The summed E-state index contributed by atoms with van der Waals surface area (Å²) in [6.07, 6.45) is 4.51. The number of aromatic nitrogens is 5. The molecule has 8 nitrogen and oxygen atoms in total. The van der Waals surface area contributed by atoms with Crippen LogP contribution in [0.3, 0.4) is 0 Å². The van der Waals surface area contributed by atoms with E-state index in [0.717, 1.165) is 41.7 Å². The predicted octanol–water partition coefficient (Wildman–Crippen LogP) is 4.15. The highest BCUT2D eigenvalue weighted by Crippen LogP contribution is 2.40. The maximum atomic E-state index is 14.3. The number of halogens is 2. The number of aromatic amines is 1. The summed E-state index contributed by atoms with van der Waals surface area (Å²) >= 11 is 6.32. The molecule has 1 aromatic carbocycles. The molecule has 10 heteroatoms. The van der Waals surface area contributed by atoms with Gasteiger partial charge in [0.1, 0.15) is 6.04 Å². The van der Waals surface area contributed by atoms with Gasteiger partial charge in [0.2, 0.25) is 11.9 Å².